The Morgan fingerprint density at radius 1 is 0.870 bits per heavy atom. The van der Waals surface area contributed by atoms with Crippen molar-refractivity contribution >= 4 is 23.3 Å². The smallest absolute Gasteiger partial charge is 0.276 e. The van der Waals surface area contributed by atoms with E-state index < -0.39 is 4.92 Å². The molecule has 1 aliphatic carbocycles. The number of Topliss-reactive ketones (excluding diaryl/α,β-unsaturated/α-hetero) is 2. The highest BCUT2D eigenvalue weighted by atomic mass is 16.6. The summed E-state index contributed by atoms with van der Waals surface area (Å²) in [7, 11) is 0. The van der Waals surface area contributed by atoms with Crippen LogP contribution in [0.3, 0.4) is 0 Å². The molecule has 0 unspecified atom stereocenters. The number of ketones is 2. The average Bonchev–Trinajstić information content (AvgIpc) is 2.80. The van der Waals surface area contributed by atoms with Crippen molar-refractivity contribution in [3.8, 4) is 0 Å². The van der Waals surface area contributed by atoms with Gasteiger partial charge in [0.25, 0.3) is 5.69 Å². The van der Waals surface area contributed by atoms with E-state index in [0.29, 0.717) is 16.7 Å². The van der Waals surface area contributed by atoms with Gasteiger partial charge in [-0.25, -0.2) is 0 Å². The highest BCUT2D eigenvalue weighted by Gasteiger charge is 2.31. The molecule has 0 N–H and O–H groups in total. The van der Waals surface area contributed by atoms with E-state index in [1.165, 1.54) is 24.3 Å². The maximum absolute atomic E-state index is 12.2. The third-order valence-corrected chi connectivity index (χ3v) is 3.58. The van der Waals surface area contributed by atoms with E-state index in [9.17, 15) is 19.7 Å². The van der Waals surface area contributed by atoms with Crippen molar-refractivity contribution in [2.24, 2.45) is 0 Å². The van der Waals surface area contributed by atoms with Crippen LogP contribution in [0.15, 0.2) is 66.3 Å². The van der Waals surface area contributed by atoms with E-state index >= 15 is 0 Å². The van der Waals surface area contributed by atoms with Crippen molar-refractivity contribution in [2.45, 2.75) is 0 Å². The van der Waals surface area contributed by atoms with Crippen LogP contribution in [0.1, 0.15) is 26.3 Å². The van der Waals surface area contributed by atoms with E-state index in [1.54, 1.807) is 42.5 Å². The van der Waals surface area contributed by atoms with Crippen molar-refractivity contribution in [1.29, 1.82) is 0 Å². The van der Waals surface area contributed by atoms with E-state index in [2.05, 4.69) is 0 Å². The molecule has 0 fully saturated rings. The fraction of sp³-hybridized carbons (Fsp3) is 0. The van der Waals surface area contributed by atoms with Gasteiger partial charge in [0.1, 0.15) is 0 Å². The normalized spacial score (nSPS) is 13.5. The lowest BCUT2D eigenvalue weighted by Gasteiger charge is -1.95. The van der Waals surface area contributed by atoms with Gasteiger partial charge in [0.05, 0.1) is 16.1 Å². The van der Waals surface area contributed by atoms with Crippen LogP contribution in [0.4, 0.5) is 5.69 Å². The Bertz CT molecular complexity index is 856. The molecule has 0 atom stereocenters. The van der Waals surface area contributed by atoms with Crippen molar-refractivity contribution in [3.05, 3.63) is 93.1 Å². The molecular formula is C18H11NO4. The number of hydrogen-bond acceptors (Lipinski definition) is 4. The Balaban J connectivity index is 1.92. The van der Waals surface area contributed by atoms with Gasteiger partial charge in [0.2, 0.25) is 0 Å². The molecule has 0 spiro atoms. The van der Waals surface area contributed by atoms with Gasteiger partial charge in [0.15, 0.2) is 11.6 Å². The van der Waals surface area contributed by atoms with Gasteiger partial charge in [-0.15, -0.1) is 0 Å². The van der Waals surface area contributed by atoms with Crippen LogP contribution in [0.5, 0.6) is 0 Å². The summed E-state index contributed by atoms with van der Waals surface area (Å²) in [5.74, 6) is -0.643. The predicted octanol–water partition coefficient (Wildman–Crippen LogP) is 3.61. The van der Waals surface area contributed by atoms with Crippen LogP contribution in [-0.4, -0.2) is 16.5 Å². The summed E-state index contributed by atoms with van der Waals surface area (Å²) in [6.07, 6.45) is 4.40. The summed E-state index contributed by atoms with van der Waals surface area (Å²) in [4.78, 5) is 34.9. The number of carbonyl (C=O) groups excluding carboxylic acids is 2. The van der Waals surface area contributed by atoms with Crippen molar-refractivity contribution in [2.75, 3.05) is 0 Å². The minimum atomic E-state index is -0.478. The lowest BCUT2D eigenvalue weighted by Crippen LogP contribution is -1.99. The summed E-state index contributed by atoms with van der Waals surface area (Å²) >= 11 is 0. The molecule has 0 heterocycles. The first-order chi connectivity index (χ1) is 11.1. The zero-order valence-corrected chi connectivity index (χ0v) is 11.9. The summed E-state index contributed by atoms with van der Waals surface area (Å²) in [6, 6.07) is 12.9. The molecule has 0 saturated heterocycles. The summed E-state index contributed by atoms with van der Waals surface area (Å²) in [5.41, 5.74) is 1.23. The number of para-hydroxylation sites is 1. The van der Waals surface area contributed by atoms with Crippen LogP contribution in [0.25, 0.3) is 6.08 Å². The minimum Gasteiger partial charge on any atom is -0.288 e. The third kappa shape index (κ3) is 2.60. The van der Waals surface area contributed by atoms with Crippen LogP contribution in [0.2, 0.25) is 0 Å². The second kappa shape index (κ2) is 5.81. The quantitative estimate of drug-likeness (QED) is 0.375. The number of fused-ring (bicyclic) bond motifs is 1. The lowest BCUT2D eigenvalue weighted by molar-refractivity contribution is -0.385. The molecular weight excluding hydrogens is 294 g/mol. The number of carbonyl (C=O) groups is 2. The van der Waals surface area contributed by atoms with E-state index in [4.69, 9.17) is 0 Å². The molecule has 3 rings (SSSR count). The van der Waals surface area contributed by atoms with Gasteiger partial charge < -0.3 is 0 Å². The molecule has 2 aromatic rings. The monoisotopic (exact) mass is 305 g/mol. The predicted molar refractivity (Wildman–Crippen MR) is 85.3 cm³/mol. The van der Waals surface area contributed by atoms with Gasteiger partial charge in [-0.3, -0.25) is 19.7 Å². The first-order valence-electron chi connectivity index (χ1n) is 6.90. The fourth-order valence-electron chi connectivity index (χ4n) is 2.47. The number of nitro benzene ring substituents is 1. The molecule has 112 valence electrons. The molecule has 5 nitrogen and oxygen atoms in total. The first kappa shape index (κ1) is 14.6. The van der Waals surface area contributed by atoms with Crippen LogP contribution < -0.4 is 0 Å². The Morgan fingerprint density at radius 3 is 2.04 bits per heavy atom. The van der Waals surface area contributed by atoms with Gasteiger partial charge in [-0.05, 0) is 18.2 Å². The lowest BCUT2D eigenvalue weighted by atomic mass is 10.1. The zero-order chi connectivity index (χ0) is 16.4. The summed E-state index contributed by atoms with van der Waals surface area (Å²) in [5, 5.41) is 10.9. The van der Waals surface area contributed by atoms with E-state index in [0.717, 1.165) is 0 Å². The standard InChI is InChI=1S/C18H11NO4/c20-17-13-8-2-3-9-14(13)18(21)15(17)10-5-7-12-6-1-4-11-16(12)19(22)23/h1-11H. The highest BCUT2D eigenvalue weighted by molar-refractivity contribution is 6.39. The van der Waals surface area contributed by atoms with Crippen molar-refractivity contribution in [3.63, 3.8) is 0 Å². The van der Waals surface area contributed by atoms with Crippen LogP contribution >= 0.6 is 0 Å². The maximum Gasteiger partial charge on any atom is 0.276 e. The van der Waals surface area contributed by atoms with Gasteiger partial charge in [-0.2, -0.15) is 0 Å². The zero-order valence-electron chi connectivity index (χ0n) is 11.9. The van der Waals surface area contributed by atoms with E-state index in [-0.39, 0.29) is 22.8 Å². The van der Waals surface area contributed by atoms with Crippen LogP contribution in [-0.2, 0) is 0 Å². The Kier molecular flexibility index (Phi) is 3.68. The first-order valence-corrected chi connectivity index (χ1v) is 6.90. The minimum absolute atomic E-state index is 0.0329. The number of nitro groups is 1. The summed E-state index contributed by atoms with van der Waals surface area (Å²) < 4.78 is 0. The molecule has 5 heteroatoms. The average molecular weight is 305 g/mol. The molecule has 1 aliphatic rings. The third-order valence-electron chi connectivity index (χ3n) is 3.58. The van der Waals surface area contributed by atoms with Gasteiger partial charge in [0, 0.05) is 17.2 Å². The molecule has 0 aliphatic heterocycles. The van der Waals surface area contributed by atoms with Gasteiger partial charge >= 0.3 is 0 Å². The molecule has 0 radical (unpaired) electrons. The van der Waals surface area contributed by atoms with Gasteiger partial charge in [-0.1, -0.05) is 42.5 Å². The summed E-state index contributed by atoms with van der Waals surface area (Å²) in [6.45, 7) is 0. The van der Waals surface area contributed by atoms with Crippen LogP contribution in [0, 0.1) is 10.1 Å². The second-order valence-corrected chi connectivity index (χ2v) is 4.96. The maximum atomic E-state index is 12.2. The van der Waals surface area contributed by atoms with Crippen molar-refractivity contribution in [1.82, 2.24) is 0 Å². The second-order valence-electron chi connectivity index (χ2n) is 4.96. The molecule has 0 amide bonds. The molecule has 0 bridgehead atoms. The Morgan fingerprint density at radius 2 is 1.43 bits per heavy atom. The number of hydrogen-bond donors (Lipinski definition) is 0. The number of nitrogens with zero attached hydrogens (tertiary/aromatic N) is 1. The SMILES string of the molecule is O=C1C(=CC=Cc2ccccc2[N+](=O)[O-])C(=O)c2ccccc21. The molecule has 23 heavy (non-hydrogen) atoms. The number of allylic oxidation sites excluding steroid dienone is 3. The Hall–Kier alpha value is -3.34. The number of benzene rings is 2. The number of rotatable bonds is 3. The van der Waals surface area contributed by atoms with Crippen molar-refractivity contribution < 1.29 is 14.5 Å². The highest BCUT2D eigenvalue weighted by Crippen LogP contribution is 2.26. The molecule has 0 saturated carbocycles. The topological polar surface area (TPSA) is 77.3 Å². The molecule has 0 aromatic heterocycles. The van der Waals surface area contributed by atoms with E-state index in [1.807, 2.05) is 0 Å². The fourth-order valence-corrected chi connectivity index (χ4v) is 2.47. The largest absolute Gasteiger partial charge is 0.288 e. The Labute approximate surface area is 131 Å². The molecule has 2 aromatic carbocycles.